The number of aromatic amines is 1. The Morgan fingerprint density at radius 1 is 1.32 bits per heavy atom. The number of nitrogens with one attached hydrogen (secondary N) is 2. The molecule has 0 unspecified atom stereocenters. The van der Waals surface area contributed by atoms with E-state index in [-0.39, 0.29) is 23.5 Å². The second-order valence-electron chi connectivity index (χ2n) is 7.87. The fraction of sp³-hybridized carbons (Fsp3) is 0.545. The summed E-state index contributed by atoms with van der Waals surface area (Å²) in [5.74, 6) is 0.0817. The van der Waals surface area contributed by atoms with Crippen LogP contribution >= 0.6 is 0 Å². The average molecular weight is 383 g/mol. The number of carbonyl (C=O) groups is 1. The fourth-order valence-corrected chi connectivity index (χ4v) is 5.00. The molecule has 2 heterocycles. The molecule has 1 fully saturated rings. The third kappa shape index (κ3) is 3.35. The van der Waals surface area contributed by atoms with Gasteiger partial charge >= 0.3 is 0 Å². The number of carbonyl (C=O) groups excluding carboxylic acids is 1. The van der Waals surface area contributed by atoms with Gasteiger partial charge in [0.25, 0.3) is 0 Å². The highest BCUT2D eigenvalue weighted by atomic mass is 16.5. The average Bonchev–Trinajstić information content (AvgIpc) is 3.31. The smallest absolute Gasteiger partial charge is 0.220 e. The molecule has 6 heteroatoms. The van der Waals surface area contributed by atoms with Gasteiger partial charge in [-0.15, -0.1) is 0 Å². The summed E-state index contributed by atoms with van der Waals surface area (Å²) in [5.41, 5.74) is 3.70. The minimum absolute atomic E-state index is 0.0142. The lowest BCUT2D eigenvalue weighted by Gasteiger charge is -2.44. The van der Waals surface area contributed by atoms with Crippen molar-refractivity contribution < 1.29 is 9.53 Å². The van der Waals surface area contributed by atoms with E-state index in [0.29, 0.717) is 13.0 Å². The topological polar surface area (TPSA) is 70.2 Å². The minimum atomic E-state index is -0.0669. The van der Waals surface area contributed by atoms with Crippen molar-refractivity contribution in [1.29, 1.82) is 0 Å². The molecule has 1 aromatic carbocycles. The number of ether oxygens (including phenoxy) is 1. The summed E-state index contributed by atoms with van der Waals surface area (Å²) in [6, 6.07) is 8.52. The molecule has 1 aliphatic heterocycles. The van der Waals surface area contributed by atoms with Crippen LogP contribution in [0.5, 0.6) is 0 Å². The Labute approximate surface area is 166 Å². The zero-order chi connectivity index (χ0) is 19.6. The van der Waals surface area contributed by atoms with Crippen molar-refractivity contribution in [2.45, 2.75) is 57.2 Å². The van der Waals surface area contributed by atoms with E-state index in [9.17, 15) is 4.79 Å². The summed E-state index contributed by atoms with van der Waals surface area (Å²) in [6.07, 6.45) is 6.17. The van der Waals surface area contributed by atoms with E-state index in [2.05, 4.69) is 44.5 Å². The van der Waals surface area contributed by atoms with Crippen molar-refractivity contribution in [3.63, 3.8) is 0 Å². The lowest BCUT2D eigenvalue weighted by Crippen LogP contribution is -2.50. The Hall–Kier alpha value is -2.18. The van der Waals surface area contributed by atoms with Crippen molar-refractivity contribution in [2.75, 3.05) is 19.7 Å². The van der Waals surface area contributed by atoms with Crippen molar-refractivity contribution >= 4 is 5.91 Å². The highest BCUT2D eigenvalue weighted by Crippen LogP contribution is 2.52. The van der Waals surface area contributed by atoms with E-state index in [1.165, 1.54) is 11.1 Å². The van der Waals surface area contributed by atoms with Gasteiger partial charge in [-0.2, -0.15) is 0 Å². The highest BCUT2D eigenvalue weighted by Gasteiger charge is 2.54. The van der Waals surface area contributed by atoms with Gasteiger partial charge in [0, 0.05) is 36.9 Å². The molecule has 28 heavy (non-hydrogen) atoms. The van der Waals surface area contributed by atoms with Gasteiger partial charge in [-0.05, 0) is 44.0 Å². The van der Waals surface area contributed by atoms with Gasteiger partial charge in [-0.1, -0.05) is 31.2 Å². The Balaban J connectivity index is 1.60. The number of hydrogen-bond acceptors (Lipinski definition) is 4. The third-order valence-corrected chi connectivity index (χ3v) is 6.36. The maximum atomic E-state index is 12.2. The van der Waals surface area contributed by atoms with Gasteiger partial charge in [-0.3, -0.25) is 9.69 Å². The number of hydrogen-bond donors (Lipinski definition) is 2. The minimum Gasteiger partial charge on any atom is -0.375 e. The van der Waals surface area contributed by atoms with Gasteiger partial charge in [0.2, 0.25) is 5.91 Å². The lowest BCUT2D eigenvalue weighted by molar-refractivity contribution is -0.123. The first-order valence-electron chi connectivity index (χ1n) is 10.4. The number of H-pyrrole nitrogens is 1. The predicted octanol–water partition coefficient (Wildman–Crippen LogP) is 2.93. The first-order valence-corrected chi connectivity index (χ1v) is 10.4. The zero-order valence-electron chi connectivity index (χ0n) is 16.8. The number of piperidine rings is 1. The molecule has 4 rings (SSSR count). The summed E-state index contributed by atoms with van der Waals surface area (Å²) in [4.78, 5) is 22.0. The fourth-order valence-electron chi connectivity index (χ4n) is 5.00. The van der Waals surface area contributed by atoms with Crippen molar-refractivity contribution in [3.05, 3.63) is 53.6 Å². The number of rotatable bonds is 6. The number of likely N-dealkylation sites (tertiary alicyclic amines) is 1. The Bertz CT molecular complexity index is 797. The third-order valence-electron chi connectivity index (χ3n) is 6.36. The van der Waals surface area contributed by atoms with Crippen LogP contribution in [0.25, 0.3) is 0 Å². The molecule has 6 nitrogen and oxygen atoms in total. The van der Waals surface area contributed by atoms with Crippen molar-refractivity contribution in [3.8, 4) is 0 Å². The molecule has 2 aromatic rings. The van der Waals surface area contributed by atoms with Crippen LogP contribution in [0.2, 0.25) is 0 Å². The molecule has 150 valence electrons. The SMILES string of the molecule is CCO[C@H]1[C@H](NC(=O)CC)c2ccccc2C12CCN(Cc1cnc[nH]1)CC2. The van der Waals surface area contributed by atoms with Crippen LogP contribution < -0.4 is 5.32 Å². The summed E-state index contributed by atoms with van der Waals surface area (Å²) < 4.78 is 6.33. The van der Waals surface area contributed by atoms with Crippen molar-refractivity contribution in [2.24, 2.45) is 0 Å². The molecule has 2 atom stereocenters. The number of imidazole rings is 1. The molecular formula is C22H30N4O2. The van der Waals surface area contributed by atoms with E-state index in [1.807, 2.05) is 20.0 Å². The van der Waals surface area contributed by atoms with Crippen LogP contribution in [0, 0.1) is 0 Å². The molecule has 1 saturated heterocycles. The second kappa shape index (κ2) is 8.05. The number of fused-ring (bicyclic) bond motifs is 2. The van der Waals surface area contributed by atoms with Crippen LogP contribution in [-0.4, -0.2) is 46.6 Å². The number of amides is 1. The standard InChI is InChI=1S/C22H30N4O2/c1-3-19(27)25-20-17-7-5-6-8-18(17)22(21(20)28-4-2)9-11-26(12-10-22)14-16-13-23-15-24-16/h5-8,13,15,20-21H,3-4,9-12,14H2,1-2H3,(H,23,24)(H,25,27)/t20-,21+/m1/s1. The summed E-state index contributed by atoms with van der Waals surface area (Å²) in [5, 5.41) is 3.25. The van der Waals surface area contributed by atoms with Gasteiger partial charge < -0.3 is 15.0 Å². The highest BCUT2D eigenvalue weighted by molar-refractivity contribution is 5.76. The second-order valence-corrected chi connectivity index (χ2v) is 7.87. The monoisotopic (exact) mass is 382 g/mol. The maximum absolute atomic E-state index is 12.2. The molecule has 1 spiro atoms. The predicted molar refractivity (Wildman–Crippen MR) is 108 cm³/mol. The summed E-state index contributed by atoms with van der Waals surface area (Å²) >= 11 is 0. The van der Waals surface area contributed by atoms with Crippen LogP contribution in [0.15, 0.2) is 36.8 Å². The van der Waals surface area contributed by atoms with Crippen molar-refractivity contribution in [1.82, 2.24) is 20.2 Å². The first kappa shape index (κ1) is 19.2. The molecule has 1 aromatic heterocycles. The van der Waals surface area contributed by atoms with E-state index in [0.717, 1.165) is 38.2 Å². The maximum Gasteiger partial charge on any atom is 0.220 e. The Morgan fingerprint density at radius 2 is 2.11 bits per heavy atom. The number of nitrogens with zero attached hydrogens (tertiary/aromatic N) is 2. The molecule has 2 N–H and O–H groups in total. The Kier molecular flexibility index (Phi) is 5.51. The molecule has 1 amide bonds. The summed E-state index contributed by atoms with van der Waals surface area (Å²) in [7, 11) is 0. The summed E-state index contributed by atoms with van der Waals surface area (Å²) in [6.45, 7) is 7.50. The largest absolute Gasteiger partial charge is 0.375 e. The van der Waals surface area contributed by atoms with Crippen LogP contribution in [0.3, 0.4) is 0 Å². The van der Waals surface area contributed by atoms with Gasteiger partial charge in [0.1, 0.15) is 0 Å². The normalized spacial score (nSPS) is 23.6. The molecular weight excluding hydrogens is 352 g/mol. The first-order chi connectivity index (χ1) is 13.7. The van der Waals surface area contributed by atoms with Crippen LogP contribution in [0.4, 0.5) is 0 Å². The van der Waals surface area contributed by atoms with E-state index >= 15 is 0 Å². The molecule has 2 aliphatic rings. The van der Waals surface area contributed by atoms with E-state index in [1.54, 1.807) is 6.33 Å². The van der Waals surface area contributed by atoms with Gasteiger partial charge in [0.15, 0.2) is 0 Å². The van der Waals surface area contributed by atoms with Crippen LogP contribution in [0.1, 0.15) is 56.0 Å². The van der Waals surface area contributed by atoms with Gasteiger partial charge in [-0.25, -0.2) is 4.98 Å². The quantitative estimate of drug-likeness (QED) is 0.806. The van der Waals surface area contributed by atoms with E-state index < -0.39 is 0 Å². The molecule has 0 bridgehead atoms. The zero-order valence-corrected chi connectivity index (χ0v) is 16.8. The van der Waals surface area contributed by atoms with Crippen LogP contribution in [-0.2, 0) is 21.5 Å². The lowest BCUT2D eigenvalue weighted by atomic mass is 9.71. The van der Waals surface area contributed by atoms with E-state index in [4.69, 9.17) is 4.74 Å². The number of benzene rings is 1. The Morgan fingerprint density at radius 3 is 2.79 bits per heavy atom. The molecule has 0 radical (unpaired) electrons. The number of aromatic nitrogens is 2. The molecule has 0 saturated carbocycles. The molecule has 1 aliphatic carbocycles. The van der Waals surface area contributed by atoms with Gasteiger partial charge in [0.05, 0.1) is 18.5 Å².